The second kappa shape index (κ2) is 4.07. The van der Waals surface area contributed by atoms with Crippen LogP contribution in [-0.2, 0) is 14.6 Å². The van der Waals surface area contributed by atoms with Crippen LogP contribution in [0.3, 0.4) is 0 Å². The van der Waals surface area contributed by atoms with E-state index in [1.807, 2.05) is 0 Å². The molecule has 0 aliphatic carbocycles. The van der Waals surface area contributed by atoms with Gasteiger partial charge in [0, 0.05) is 5.69 Å². The average Bonchev–Trinajstić information content (AvgIpc) is 2.02. The van der Waals surface area contributed by atoms with Gasteiger partial charge in [0.15, 0.2) is 0 Å². The van der Waals surface area contributed by atoms with Crippen LogP contribution in [0.2, 0.25) is 0 Å². The Kier molecular flexibility index (Phi) is 3.05. The fourth-order valence-electron chi connectivity index (χ4n) is 0.756. The molecule has 0 unspecified atom stereocenters. The lowest BCUT2D eigenvalue weighted by molar-refractivity contribution is 0.210. The highest BCUT2D eigenvalue weighted by atomic mass is 32.3. The average molecular weight is 217 g/mol. The van der Waals surface area contributed by atoms with Crippen LogP contribution in [-0.4, -0.2) is 19.1 Å². The molecule has 1 amide bonds. The summed E-state index contributed by atoms with van der Waals surface area (Å²) >= 11 is 0. The molecule has 0 saturated carbocycles. The summed E-state index contributed by atoms with van der Waals surface area (Å²) in [5, 5.41) is 2.10. The Morgan fingerprint density at radius 2 is 1.86 bits per heavy atom. The molecule has 0 aromatic heterocycles. The number of hydrogen-bond acceptors (Lipinski definition) is 4. The standard InChI is InChI=1S/C7H7NO5S/c9-7(13-14(10,11)12)8-6-4-2-1-3-5-6/h1-5H,(H,8,9)(H,10,11,12). The minimum Gasteiger partial charge on any atom is -0.306 e. The number of carbonyl (C=O) groups is 1. The molecule has 0 aliphatic rings. The van der Waals surface area contributed by atoms with E-state index < -0.39 is 16.5 Å². The second-order valence-electron chi connectivity index (χ2n) is 2.29. The molecule has 76 valence electrons. The molecular formula is C7H7NO5S. The van der Waals surface area contributed by atoms with Crippen molar-refractivity contribution in [3.63, 3.8) is 0 Å². The summed E-state index contributed by atoms with van der Waals surface area (Å²) in [6.45, 7) is 0. The molecule has 0 spiro atoms. The largest absolute Gasteiger partial charge is 0.450 e. The third kappa shape index (κ3) is 3.87. The monoisotopic (exact) mass is 217 g/mol. The number of hydrogen-bond donors (Lipinski definition) is 2. The van der Waals surface area contributed by atoms with E-state index in [1.165, 1.54) is 12.1 Å². The van der Waals surface area contributed by atoms with Gasteiger partial charge in [-0.2, -0.15) is 8.42 Å². The fourth-order valence-corrected chi connectivity index (χ4v) is 0.989. The van der Waals surface area contributed by atoms with Crippen LogP contribution in [0.5, 0.6) is 0 Å². The van der Waals surface area contributed by atoms with Gasteiger partial charge < -0.3 is 4.18 Å². The van der Waals surface area contributed by atoms with Crippen molar-refractivity contribution in [1.82, 2.24) is 0 Å². The van der Waals surface area contributed by atoms with Crippen molar-refractivity contribution in [2.45, 2.75) is 0 Å². The Bertz CT molecular complexity index is 413. The number of carbonyl (C=O) groups excluding carboxylic acids is 1. The smallest absolute Gasteiger partial charge is 0.306 e. The molecular weight excluding hydrogens is 210 g/mol. The van der Waals surface area contributed by atoms with E-state index in [4.69, 9.17) is 4.55 Å². The number of amides is 1. The first kappa shape index (κ1) is 10.5. The van der Waals surface area contributed by atoms with Crippen molar-refractivity contribution in [2.24, 2.45) is 0 Å². The Hall–Kier alpha value is -1.60. The quantitative estimate of drug-likeness (QED) is 0.722. The van der Waals surface area contributed by atoms with Crippen molar-refractivity contribution in [2.75, 3.05) is 5.32 Å². The van der Waals surface area contributed by atoms with E-state index in [2.05, 4.69) is 9.50 Å². The summed E-state index contributed by atoms with van der Waals surface area (Å²) in [5.41, 5.74) is 0.362. The Balaban J connectivity index is 2.59. The first-order valence-electron chi connectivity index (χ1n) is 3.50. The van der Waals surface area contributed by atoms with Crippen LogP contribution in [0.1, 0.15) is 0 Å². The van der Waals surface area contributed by atoms with Gasteiger partial charge in [0.05, 0.1) is 0 Å². The normalized spacial score (nSPS) is 10.6. The Labute approximate surface area is 80.5 Å². The zero-order chi connectivity index (χ0) is 10.6. The minimum absolute atomic E-state index is 0.362. The highest BCUT2D eigenvalue weighted by Crippen LogP contribution is 2.05. The van der Waals surface area contributed by atoms with Gasteiger partial charge >= 0.3 is 16.5 Å². The highest BCUT2D eigenvalue weighted by Gasteiger charge is 2.12. The fraction of sp³-hybridized carbons (Fsp3) is 0. The van der Waals surface area contributed by atoms with Crippen LogP contribution in [0, 0.1) is 0 Å². The summed E-state index contributed by atoms with van der Waals surface area (Å²) in [6, 6.07) is 8.07. The number of anilines is 1. The van der Waals surface area contributed by atoms with Gasteiger partial charge in [-0.05, 0) is 12.1 Å². The number of para-hydroxylation sites is 1. The number of rotatable bonds is 2. The van der Waals surface area contributed by atoms with Crippen LogP contribution < -0.4 is 5.32 Å². The highest BCUT2D eigenvalue weighted by molar-refractivity contribution is 7.81. The zero-order valence-electron chi connectivity index (χ0n) is 6.88. The lowest BCUT2D eigenvalue weighted by atomic mass is 10.3. The summed E-state index contributed by atoms with van der Waals surface area (Å²) in [6.07, 6.45) is -1.27. The van der Waals surface area contributed by atoms with Crippen LogP contribution in [0.25, 0.3) is 0 Å². The molecule has 0 heterocycles. The van der Waals surface area contributed by atoms with Crippen LogP contribution in [0.15, 0.2) is 30.3 Å². The molecule has 1 aromatic rings. The minimum atomic E-state index is -4.76. The number of nitrogens with one attached hydrogen (secondary N) is 1. The third-order valence-electron chi connectivity index (χ3n) is 1.20. The van der Waals surface area contributed by atoms with Gasteiger partial charge in [-0.15, -0.1) is 0 Å². The van der Waals surface area contributed by atoms with E-state index in [0.717, 1.165) is 0 Å². The molecule has 0 radical (unpaired) electrons. The van der Waals surface area contributed by atoms with Crippen molar-refractivity contribution < 1.29 is 21.9 Å². The summed E-state index contributed by atoms with van der Waals surface area (Å²) in [4.78, 5) is 10.8. The van der Waals surface area contributed by atoms with E-state index >= 15 is 0 Å². The maximum absolute atomic E-state index is 10.8. The van der Waals surface area contributed by atoms with E-state index in [-0.39, 0.29) is 0 Å². The lowest BCUT2D eigenvalue weighted by Crippen LogP contribution is -2.17. The molecule has 2 N–H and O–H groups in total. The van der Waals surface area contributed by atoms with Crippen molar-refractivity contribution in [3.05, 3.63) is 30.3 Å². The van der Waals surface area contributed by atoms with Crippen LogP contribution >= 0.6 is 0 Å². The van der Waals surface area contributed by atoms with Gasteiger partial charge in [-0.1, -0.05) is 18.2 Å². The topological polar surface area (TPSA) is 92.7 Å². The summed E-state index contributed by atoms with van der Waals surface area (Å²) in [5.74, 6) is 0. The molecule has 0 bridgehead atoms. The Morgan fingerprint density at radius 1 is 1.29 bits per heavy atom. The SMILES string of the molecule is O=C(Nc1ccccc1)OS(=O)(=O)O. The van der Waals surface area contributed by atoms with E-state index in [1.54, 1.807) is 18.2 Å². The summed E-state index contributed by atoms with van der Waals surface area (Å²) < 4.78 is 32.0. The molecule has 1 rings (SSSR count). The van der Waals surface area contributed by atoms with Gasteiger partial charge in [0.2, 0.25) is 0 Å². The predicted octanol–water partition coefficient (Wildman–Crippen LogP) is 1.04. The predicted molar refractivity (Wildman–Crippen MR) is 48.1 cm³/mol. The zero-order valence-corrected chi connectivity index (χ0v) is 7.69. The van der Waals surface area contributed by atoms with Gasteiger partial charge in [0.1, 0.15) is 0 Å². The van der Waals surface area contributed by atoms with Crippen molar-refractivity contribution >= 4 is 22.2 Å². The Morgan fingerprint density at radius 3 is 2.36 bits per heavy atom. The molecule has 7 heteroatoms. The molecule has 6 nitrogen and oxygen atoms in total. The van der Waals surface area contributed by atoms with Crippen molar-refractivity contribution in [1.29, 1.82) is 0 Å². The lowest BCUT2D eigenvalue weighted by Gasteiger charge is -2.02. The number of benzene rings is 1. The molecule has 0 fully saturated rings. The first-order chi connectivity index (χ1) is 6.47. The molecule has 14 heavy (non-hydrogen) atoms. The first-order valence-corrected chi connectivity index (χ1v) is 4.87. The van der Waals surface area contributed by atoms with Crippen LogP contribution in [0.4, 0.5) is 10.5 Å². The van der Waals surface area contributed by atoms with Gasteiger partial charge in [-0.3, -0.25) is 9.87 Å². The molecule has 0 aliphatic heterocycles. The van der Waals surface area contributed by atoms with Gasteiger partial charge in [-0.25, -0.2) is 4.79 Å². The van der Waals surface area contributed by atoms with E-state index in [9.17, 15) is 13.2 Å². The van der Waals surface area contributed by atoms with Gasteiger partial charge in [0.25, 0.3) is 0 Å². The van der Waals surface area contributed by atoms with Crippen molar-refractivity contribution in [3.8, 4) is 0 Å². The molecule has 1 aromatic carbocycles. The summed E-state index contributed by atoms with van der Waals surface area (Å²) in [7, 11) is -4.76. The molecule has 0 saturated heterocycles. The maximum Gasteiger partial charge on any atom is 0.450 e. The second-order valence-corrected chi connectivity index (χ2v) is 3.31. The maximum atomic E-state index is 10.8. The molecule has 0 atom stereocenters. The third-order valence-corrected chi connectivity index (χ3v) is 1.56. The van der Waals surface area contributed by atoms with E-state index in [0.29, 0.717) is 5.69 Å².